The number of nitrogens with one attached hydrogen (secondary N) is 2. The molecule has 162 valence electrons. The zero-order valence-corrected chi connectivity index (χ0v) is 19.1. The lowest BCUT2D eigenvalue weighted by molar-refractivity contribution is -0.132. The molecule has 3 aromatic rings. The van der Waals surface area contributed by atoms with E-state index in [0.717, 1.165) is 23.2 Å². The van der Waals surface area contributed by atoms with Crippen molar-refractivity contribution in [3.8, 4) is 11.4 Å². The Bertz CT molecular complexity index is 1050. The molecular formula is C22H24ClN5O2S. The monoisotopic (exact) mass is 457 g/mol. The van der Waals surface area contributed by atoms with Crippen LogP contribution in [0.1, 0.15) is 19.4 Å². The number of hydrogen-bond donors (Lipinski definition) is 2. The number of aryl methyl sites for hydroxylation is 1. The first-order valence-corrected chi connectivity index (χ1v) is 11.1. The minimum atomic E-state index is -0.449. The average Bonchev–Trinajstić information content (AvgIpc) is 3.22. The first kappa shape index (κ1) is 22.8. The van der Waals surface area contributed by atoms with E-state index >= 15 is 0 Å². The van der Waals surface area contributed by atoms with E-state index in [-0.39, 0.29) is 18.4 Å². The van der Waals surface area contributed by atoms with Crippen LogP contribution in [0, 0.1) is 0 Å². The van der Waals surface area contributed by atoms with Crippen molar-refractivity contribution >= 4 is 40.9 Å². The van der Waals surface area contributed by atoms with Crippen molar-refractivity contribution in [1.82, 2.24) is 20.1 Å². The third kappa shape index (κ3) is 6.08. The number of anilines is 1. The topological polar surface area (TPSA) is 91.0 Å². The molecule has 2 amide bonds. The number of H-pyrrole nitrogens is 1. The molecule has 0 saturated heterocycles. The molecule has 2 N–H and O–H groups in total. The van der Waals surface area contributed by atoms with Gasteiger partial charge in [0.05, 0.1) is 11.8 Å². The number of carbonyl (C=O) groups is 2. The number of aromatic amines is 1. The maximum atomic E-state index is 12.7. The standard InChI is InChI=1S/C22H24ClN5O2S/c1-4-15-7-5-6-8-18(15)24-19(29)13-28(3)21(30)14(2)31-22-25-20(26-27-22)16-9-11-17(23)12-10-16/h5-12,14H,4,13H2,1-3H3,(H,24,29)(H,25,26,27). The van der Waals surface area contributed by atoms with Gasteiger partial charge in [0, 0.05) is 23.3 Å². The van der Waals surface area contributed by atoms with Gasteiger partial charge in [-0.1, -0.05) is 48.5 Å². The highest BCUT2D eigenvalue weighted by atomic mass is 35.5. The highest BCUT2D eigenvalue weighted by Gasteiger charge is 2.22. The Labute approximate surface area is 190 Å². The average molecular weight is 458 g/mol. The highest BCUT2D eigenvalue weighted by Crippen LogP contribution is 2.24. The number of halogens is 1. The van der Waals surface area contributed by atoms with Crippen molar-refractivity contribution in [2.45, 2.75) is 30.7 Å². The second-order valence-corrected chi connectivity index (χ2v) is 8.73. The third-order valence-electron chi connectivity index (χ3n) is 4.64. The normalized spacial score (nSPS) is 11.7. The van der Waals surface area contributed by atoms with E-state index < -0.39 is 5.25 Å². The SMILES string of the molecule is CCc1ccccc1NC(=O)CN(C)C(=O)C(C)Sc1n[nH]c(-c2ccc(Cl)cc2)n1. The quantitative estimate of drug-likeness (QED) is 0.493. The summed E-state index contributed by atoms with van der Waals surface area (Å²) >= 11 is 7.15. The predicted molar refractivity (Wildman–Crippen MR) is 124 cm³/mol. The molecule has 0 bridgehead atoms. The van der Waals surface area contributed by atoms with Crippen LogP contribution in [0.4, 0.5) is 5.69 Å². The first-order valence-electron chi connectivity index (χ1n) is 9.85. The summed E-state index contributed by atoms with van der Waals surface area (Å²) in [6.07, 6.45) is 0.813. The van der Waals surface area contributed by atoms with E-state index in [9.17, 15) is 9.59 Å². The van der Waals surface area contributed by atoms with Crippen LogP contribution in [0.3, 0.4) is 0 Å². The van der Waals surface area contributed by atoms with Crippen molar-refractivity contribution < 1.29 is 9.59 Å². The summed E-state index contributed by atoms with van der Waals surface area (Å²) < 4.78 is 0. The van der Waals surface area contributed by atoms with Gasteiger partial charge >= 0.3 is 0 Å². The molecule has 9 heteroatoms. The fraction of sp³-hybridized carbons (Fsp3) is 0.273. The number of nitrogens with zero attached hydrogens (tertiary/aromatic N) is 3. The summed E-state index contributed by atoms with van der Waals surface area (Å²) in [7, 11) is 1.61. The molecule has 0 radical (unpaired) electrons. The van der Waals surface area contributed by atoms with Crippen molar-refractivity contribution in [2.75, 3.05) is 18.9 Å². The van der Waals surface area contributed by atoms with Gasteiger partial charge < -0.3 is 10.2 Å². The smallest absolute Gasteiger partial charge is 0.243 e. The zero-order valence-electron chi connectivity index (χ0n) is 17.6. The van der Waals surface area contributed by atoms with E-state index in [1.807, 2.05) is 43.3 Å². The van der Waals surface area contributed by atoms with Crippen LogP contribution < -0.4 is 5.32 Å². The molecule has 31 heavy (non-hydrogen) atoms. The number of carbonyl (C=O) groups excluding carboxylic acids is 2. The molecule has 0 aliphatic heterocycles. The van der Waals surface area contributed by atoms with Crippen LogP contribution in [-0.2, 0) is 16.0 Å². The molecule has 1 heterocycles. The van der Waals surface area contributed by atoms with Crippen LogP contribution in [-0.4, -0.2) is 50.7 Å². The van der Waals surface area contributed by atoms with E-state index in [4.69, 9.17) is 11.6 Å². The third-order valence-corrected chi connectivity index (χ3v) is 5.84. The van der Waals surface area contributed by atoms with Crippen LogP contribution in [0.25, 0.3) is 11.4 Å². The maximum absolute atomic E-state index is 12.7. The Hall–Kier alpha value is -2.84. The fourth-order valence-electron chi connectivity index (χ4n) is 2.99. The van der Waals surface area contributed by atoms with Crippen LogP contribution in [0.5, 0.6) is 0 Å². The fourth-order valence-corrected chi connectivity index (χ4v) is 3.95. The van der Waals surface area contributed by atoms with E-state index in [0.29, 0.717) is 16.0 Å². The lowest BCUT2D eigenvalue weighted by atomic mass is 10.1. The Morgan fingerprint density at radius 2 is 1.90 bits per heavy atom. The van der Waals surface area contributed by atoms with Gasteiger partial charge in [-0.25, -0.2) is 4.98 Å². The van der Waals surface area contributed by atoms with E-state index in [1.165, 1.54) is 16.7 Å². The van der Waals surface area contributed by atoms with Crippen molar-refractivity contribution in [3.05, 3.63) is 59.1 Å². The number of aromatic nitrogens is 3. The van der Waals surface area contributed by atoms with Gasteiger partial charge in [0.15, 0.2) is 5.82 Å². The summed E-state index contributed by atoms with van der Waals surface area (Å²) in [6, 6.07) is 14.9. The number of benzene rings is 2. The Morgan fingerprint density at radius 1 is 1.19 bits per heavy atom. The van der Waals surface area contributed by atoms with Gasteiger partial charge in [-0.05, 0) is 49.2 Å². The van der Waals surface area contributed by atoms with E-state index in [1.54, 1.807) is 26.1 Å². The minimum Gasteiger partial charge on any atom is -0.335 e. The summed E-state index contributed by atoms with van der Waals surface area (Å²) in [5.74, 6) is 0.180. The summed E-state index contributed by atoms with van der Waals surface area (Å²) in [4.78, 5) is 31.0. The van der Waals surface area contributed by atoms with Crippen molar-refractivity contribution in [2.24, 2.45) is 0 Å². The largest absolute Gasteiger partial charge is 0.335 e. The maximum Gasteiger partial charge on any atom is 0.243 e. The van der Waals surface area contributed by atoms with Crippen LogP contribution >= 0.6 is 23.4 Å². The summed E-state index contributed by atoms with van der Waals surface area (Å²) in [5, 5.41) is 10.6. The van der Waals surface area contributed by atoms with Crippen LogP contribution in [0.15, 0.2) is 53.7 Å². The van der Waals surface area contributed by atoms with Gasteiger partial charge in [0.2, 0.25) is 17.0 Å². The number of para-hydroxylation sites is 1. The molecule has 1 atom stereocenters. The molecule has 3 rings (SSSR count). The second kappa shape index (κ2) is 10.5. The number of rotatable bonds is 8. The molecule has 0 spiro atoms. The Morgan fingerprint density at radius 3 is 2.61 bits per heavy atom. The molecule has 0 saturated carbocycles. The van der Waals surface area contributed by atoms with Crippen molar-refractivity contribution in [1.29, 1.82) is 0 Å². The van der Waals surface area contributed by atoms with Gasteiger partial charge in [0.1, 0.15) is 0 Å². The lowest BCUT2D eigenvalue weighted by Gasteiger charge is -2.20. The lowest BCUT2D eigenvalue weighted by Crippen LogP contribution is -2.39. The molecule has 0 fully saturated rings. The van der Waals surface area contributed by atoms with Gasteiger partial charge in [-0.2, -0.15) is 0 Å². The second-order valence-electron chi connectivity index (χ2n) is 6.99. The van der Waals surface area contributed by atoms with Gasteiger partial charge in [-0.3, -0.25) is 14.7 Å². The highest BCUT2D eigenvalue weighted by molar-refractivity contribution is 8.00. The molecular weight excluding hydrogens is 434 g/mol. The number of amides is 2. The van der Waals surface area contributed by atoms with Crippen LogP contribution in [0.2, 0.25) is 5.02 Å². The minimum absolute atomic E-state index is 0.0359. The van der Waals surface area contributed by atoms with E-state index in [2.05, 4.69) is 20.5 Å². The van der Waals surface area contributed by atoms with Crippen molar-refractivity contribution in [3.63, 3.8) is 0 Å². The first-order chi connectivity index (χ1) is 14.9. The van der Waals surface area contributed by atoms with Gasteiger partial charge in [0.25, 0.3) is 0 Å². The summed E-state index contributed by atoms with van der Waals surface area (Å²) in [5.41, 5.74) is 2.67. The number of thioether (sulfide) groups is 1. The Kier molecular flexibility index (Phi) is 7.70. The molecule has 0 aliphatic rings. The number of likely N-dealkylation sites (N-methyl/N-ethyl adjacent to an activating group) is 1. The Balaban J connectivity index is 1.55. The molecule has 2 aromatic carbocycles. The predicted octanol–water partition coefficient (Wildman–Crippen LogP) is 4.27. The molecule has 0 aliphatic carbocycles. The summed E-state index contributed by atoms with van der Waals surface area (Å²) in [6.45, 7) is 3.76. The van der Waals surface area contributed by atoms with Gasteiger partial charge in [-0.15, -0.1) is 5.10 Å². The molecule has 7 nitrogen and oxygen atoms in total. The molecule has 1 aromatic heterocycles. The zero-order chi connectivity index (χ0) is 22.4. The number of hydrogen-bond acceptors (Lipinski definition) is 5. The molecule has 1 unspecified atom stereocenters.